The van der Waals surface area contributed by atoms with E-state index in [2.05, 4.69) is 27.7 Å². The molecule has 40 heavy (non-hydrogen) atoms. The zero-order chi connectivity index (χ0) is 28.7. The average Bonchev–Trinajstić information content (AvgIpc) is 3.43. The Morgan fingerprint density at radius 3 is 2.48 bits per heavy atom. The van der Waals surface area contributed by atoms with Crippen LogP contribution in [-0.4, -0.2) is 26.9 Å². The van der Waals surface area contributed by atoms with Crippen molar-refractivity contribution in [3.05, 3.63) is 34.6 Å². The van der Waals surface area contributed by atoms with Crippen LogP contribution in [0.15, 0.2) is 29.1 Å². The first-order chi connectivity index (χ1) is 18.8. The van der Waals surface area contributed by atoms with Gasteiger partial charge in [0.15, 0.2) is 5.60 Å². The first-order valence-electron chi connectivity index (χ1n) is 15.3. The van der Waals surface area contributed by atoms with Gasteiger partial charge in [0.1, 0.15) is 6.73 Å². The van der Waals surface area contributed by atoms with Crippen LogP contribution in [0.4, 0.5) is 13.2 Å². The Balaban J connectivity index is 1.14. The Bertz CT molecular complexity index is 1310. The van der Waals surface area contributed by atoms with E-state index in [1.165, 1.54) is 18.0 Å². The lowest BCUT2D eigenvalue weighted by molar-refractivity contribution is -0.290. The van der Waals surface area contributed by atoms with E-state index < -0.39 is 11.8 Å². The SMILES string of the molecule is C[C@@H]([C@H]1CC[C@H]2[C@@H]3CC[C@@H]4C[C@@](O)(C(F)(F)F)CC[C@]4(C)[C@H]3CC[C@]12C)[C@@H](C)OCn1sc2ccccc2c1=O. The Hall–Kier alpha value is -1.38. The summed E-state index contributed by atoms with van der Waals surface area (Å²) in [5.41, 5.74) is -2.42. The van der Waals surface area contributed by atoms with Gasteiger partial charge in [-0.3, -0.25) is 4.79 Å². The molecule has 1 heterocycles. The smallest absolute Gasteiger partial charge is 0.380 e. The number of hydrogen-bond acceptors (Lipinski definition) is 4. The molecule has 1 aromatic heterocycles. The van der Waals surface area contributed by atoms with Gasteiger partial charge in [-0.05, 0) is 123 Å². The van der Waals surface area contributed by atoms with E-state index >= 15 is 0 Å². The van der Waals surface area contributed by atoms with Gasteiger partial charge in [-0.15, -0.1) is 0 Å². The second-order valence-electron chi connectivity index (χ2n) is 14.2. The molecule has 6 rings (SSSR count). The molecular formula is C32H44F3NO3S. The Morgan fingerprint density at radius 2 is 1.75 bits per heavy atom. The number of benzene rings is 1. The molecular weight excluding hydrogens is 535 g/mol. The third-order valence-corrected chi connectivity index (χ3v) is 13.8. The molecule has 0 saturated heterocycles. The molecule has 8 heteroatoms. The molecule has 4 saturated carbocycles. The maximum Gasteiger partial charge on any atom is 0.417 e. The van der Waals surface area contributed by atoms with Crippen molar-refractivity contribution < 1.29 is 23.0 Å². The van der Waals surface area contributed by atoms with E-state index in [0.29, 0.717) is 36.0 Å². The molecule has 4 nitrogen and oxygen atoms in total. The number of nitrogens with zero attached hydrogens (tertiary/aromatic N) is 1. The molecule has 4 aliphatic rings. The van der Waals surface area contributed by atoms with Gasteiger partial charge in [0.25, 0.3) is 5.56 Å². The van der Waals surface area contributed by atoms with E-state index in [1.807, 2.05) is 24.3 Å². The van der Waals surface area contributed by atoms with E-state index in [4.69, 9.17) is 4.74 Å². The van der Waals surface area contributed by atoms with Crippen LogP contribution < -0.4 is 5.56 Å². The van der Waals surface area contributed by atoms with Gasteiger partial charge in [0.2, 0.25) is 0 Å². The zero-order valence-corrected chi connectivity index (χ0v) is 25.0. The number of alkyl halides is 3. The van der Waals surface area contributed by atoms with E-state index in [9.17, 15) is 23.1 Å². The normalized spacial score (nSPS) is 41.2. The first-order valence-corrected chi connectivity index (χ1v) is 16.1. The van der Waals surface area contributed by atoms with Crippen LogP contribution in [0.3, 0.4) is 0 Å². The molecule has 0 unspecified atom stereocenters. The lowest BCUT2D eigenvalue weighted by atomic mass is 9.43. The highest BCUT2D eigenvalue weighted by Gasteiger charge is 2.65. The molecule has 4 fully saturated rings. The summed E-state index contributed by atoms with van der Waals surface area (Å²) in [5.74, 6) is 2.42. The van der Waals surface area contributed by atoms with Crippen LogP contribution in [0.5, 0.6) is 0 Å². The first kappa shape index (κ1) is 28.7. The third kappa shape index (κ3) is 4.33. The maximum absolute atomic E-state index is 13.7. The molecule has 0 aliphatic heterocycles. The van der Waals surface area contributed by atoms with Gasteiger partial charge < -0.3 is 9.84 Å². The fourth-order valence-corrected chi connectivity index (χ4v) is 11.1. The standard InChI is InChI=1S/C32H44F3NO3S/c1-19(20(2)39-18-36-28(37)23-7-5-6-8-27(23)40-36)24-11-12-25-22-10-9-21-17-31(38,32(33,34)35)16-15-29(21,3)26(22)13-14-30(24,25)4/h5-8,19-22,24-26,38H,9-18H2,1-4H3/t19-,20-,21-,22+,24-,25+,26+,29+,30-,31-/m1/s1. The summed E-state index contributed by atoms with van der Waals surface area (Å²) in [6.07, 6.45) is 1.97. The minimum atomic E-state index is -4.55. The molecule has 0 amide bonds. The summed E-state index contributed by atoms with van der Waals surface area (Å²) in [4.78, 5) is 12.8. The Morgan fingerprint density at radius 1 is 1.02 bits per heavy atom. The molecule has 2 aromatic rings. The quantitative estimate of drug-likeness (QED) is 0.390. The van der Waals surface area contributed by atoms with E-state index in [-0.39, 0.29) is 48.0 Å². The number of rotatable bonds is 5. The number of aromatic nitrogens is 1. The monoisotopic (exact) mass is 579 g/mol. The highest BCUT2D eigenvalue weighted by atomic mass is 32.1. The largest absolute Gasteiger partial charge is 0.417 e. The zero-order valence-electron chi connectivity index (χ0n) is 24.2. The van der Waals surface area contributed by atoms with E-state index in [0.717, 1.165) is 42.2 Å². The molecule has 0 bridgehead atoms. The van der Waals surface area contributed by atoms with Gasteiger partial charge in [-0.25, -0.2) is 3.96 Å². The minimum absolute atomic E-state index is 0.00662. The van der Waals surface area contributed by atoms with Crippen LogP contribution in [0.1, 0.15) is 85.5 Å². The van der Waals surface area contributed by atoms with Crippen molar-refractivity contribution in [2.45, 2.75) is 110 Å². The van der Waals surface area contributed by atoms with Crippen LogP contribution >= 0.6 is 11.5 Å². The molecule has 1 aromatic carbocycles. The fourth-order valence-electron chi connectivity index (χ4n) is 10.2. The second-order valence-corrected chi connectivity index (χ2v) is 15.3. The van der Waals surface area contributed by atoms with E-state index in [1.54, 1.807) is 3.96 Å². The number of aliphatic hydroxyl groups is 1. The molecule has 0 radical (unpaired) electrons. The van der Waals surface area contributed by atoms with Crippen LogP contribution in [0, 0.1) is 46.3 Å². The van der Waals surface area contributed by atoms with Gasteiger partial charge in [0, 0.05) is 0 Å². The van der Waals surface area contributed by atoms with Crippen molar-refractivity contribution in [1.29, 1.82) is 0 Å². The molecule has 222 valence electrons. The topological polar surface area (TPSA) is 51.5 Å². The number of ether oxygens (including phenoxy) is 1. The second kappa shape index (κ2) is 9.84. The predicted molar refractivity (Wildman–Crippen MR) is 152 cm³/mol. The minimum Gasteiger partial charge on any atom is -0.380 e. The van der Waals surface area contributed by atoms with Crippen LogP contribution in [0.25, 0.3) is 10.1 Å². The van der Waals surface area contributed by atoms with Crippen LogP contribution in [-0.2, 0) is 11.5 Å². The number of fused-ring (bicyclic) bond motifs is 6. The van der Waals surface area contributed by atoms with Crippen molar-refractivity contribution in [1.82, 2.24) is 3.96 Å². The predicted octanol–water partition coefficient (Wildman–Crippen LogP) is 8.01. The van der Waals surface area contributed by atoms with Crippen molar-refractivity contribution in [3.8, 4) is 0 Å². The molecule has 10 atom stereocenters. The Kier molecular flexibility index (Phi) is 7.06. The van der Waals surface area contributed by atoms with Crippen LogP contribution in [0.2, 0.25) is 0 Å². The maximum atomic E-state index is 13.7. The lowest BCUT2D eigenvalue weighted by Gasteiger charge is -2.62. The van der Waals surface area contributed by atoms with Gasteiger partial charge >= 0.3 is 6.18 Å². The number of halogens is 3. The lowest BCUT2D eigenvalue weighted by Crippen LogP contribution is -2.59. The number of hydrogen-bond donors (Lipinski definition) is 1. The third-order valence-electron chi connectivity index (χ3n) is 12.7. The fraction of sp³-hybridized carbons (Fsp3) is 0.781. The summed E-state index contributed by atoms with van der Waals surface area (Å²) in [6.45, 7) is 9.43. The summed E-state index contributed by atoms with van der Waals surface area (Å²) >= 11 is 1.45. The van der Waals surface area contributed by atoms with Gasteiger partial charge in [-0.1, -0.05) is 44.4 Å². The summed E-state index contributed by atoms with van der Waals surface area (Å²) in [5, 5.41) is 11.2. The summed E-state index contributed by atoms with van der Waals surface area (Å²) in [6, 6.07) is 7.67. The van der Waals surface area contributed by atoms with Crippen molar-refractivity contribution in [3.63, 3.8) is 0 Å². The Labute approximate surface area is 239 Å². The molecule has 0 spiro atoms. The molecule has 4 aliphatic carbocycles. The van der Waals surface area contributed by atoms with Gasteiger partial charge in [0.05, 0.1) is 16.2 Å². The highest BCUT2D eigenvalue weighted by molar-refractivity contribution is 7.13. The average molecular weight is 580 g/mol. The molecule has 1 N–H and O–H groups in total. The summed E-state index contributed by atoms with van der Waals surface area (Å²) in [7, 11) is 0. The summed E-state index contributed by atoms with van der Waals surface area (Å²) < 4.78 is 50.1. The van der Waals surface area contributed by atoms with Crippen molar-refractivity contribution in [2.24, 2.45) is 46.3 Å². The van der Waals surface area contributed by atoms with Crippen molar-refractivity contribution >= 4 is 21.6 Å². The van der Waals surface area contributed by atoms with Gasteiger partial charge in [-0.2, -0.15) is 13.2 Å². The highest BCUT2D eigenvalue weighted by Crippen LogP contribution is 2.69. The van der Waals surface area contributed by atoms with Crippen molar-refractivity contribution in [2.75, 3.05) is 0 Å².